The van der Waals surface area contributed by atoms with E-state index in [1.54, 1.807) is 30.5 Å². The zero-order chi connectivity index (χ0) is 15.5. The molecule has 6 heteroatoms. The number of fused-ring (bicyclic) bond motifs is 1. The molecule has 0 saturated heterocycles. The van der Waals surface area contributed by atoms with Gasteiger partial charge < -0.3 is 5.11 Å². The maximum Gasteiger partial charge on any atom is 0.328 e. The zero-order valence-electron chi connectivity index (χ0n) is 11.3. The number of carboxylic acids is 1. The van der Waals surface area contributed by atoms with Crippen molar-refractivity contribution in [3.63, 3.8) is 0 Å². The van der Waals surface area contributed by atoms with E-state index >= 15 is 0 Å². The van der Waals surface area contributed by atoms with Crippen LogP contribution in [0.1, 0.15) is 5.56 Å². The van der Waals surface area contributed by atoms with E-state index in [4.69, 9.17) is 5.11 Å². The molecule has 0 fully saturated rings. The summed E-state index contributed by atoms with van der Waals surface area (Å²) in [4.78, 5) is 30.9. The van der Waals surface area contributed by atoms with Gasteiger partial charge in [0.1, 0.15) is 5.01 Å². The van der Waals surface area contributed by atoms with E-state index in [0.29, 0.717) is 21.7 Å². The van der Waals surface area contributed by atoms with E-state index in [2.05, 4.69) is 9.97 Å². The Hall–Kier alpha value is -2.86. The SMILES string of the molecule is O=C(O)C=Cc1ccnc(-c2nc(=O)c3ccccc3s2)c1. The van der Waals surface area contributed by atoms with E-state index in [0.717, 1.165) is 10.8 Å². The molecule has 0 aliphatic carbocycles. The van der Waals surface area contributed by atoms with Crippen LogP contribution in [-0.4, -0.2) is 21.0 Å². The normalized spacial score (nSPS) is 11.1. The molecule has 2 aromatic heterocycles. The van der Waals surface area contributed by atoms with Gasteiger partial charge in [0.05, 0.1) is 11.1 Å². The van der Waals surface area contributed by atoms with Crippen LogP contribution in [0.3, 0.4) is 0 Å². The summed E-state index contributed by atoms with van der Waals surface area (Å²) in [5.74, 6) is -1.02. The number of benzene rings is 1. The number of aromatic nitrogens is 2. The van der Waals surface area contributed by atoms with Crippen LogP contribution in [0.2, 0.25) is 0 Å². The quantitative estimate of drug-likeness (QED) is 0.752. The summed E-state index contributed by atoms with van der Waals surface area (Å²) in [5.41, 5.74) is 0.931. The average molecular weight is 310 g/mol. The first-order valence-electron chi connectivity index (χ1n) is 6.41. The van der Waals surface area contributed by atoms with E-state index in [1.807, 2.05) is 12.1 Å². The number of carbonyl (C=O) groups is 1. The Morgan fingerprint density at radius 1 is 1.23 bits per heavy atom. The summed E-state index contributed by atoms with van der Waals surface area (Å²) >= 11 is 1.37. The summed E-state index contributed by atoms with van der Waals surface area (Å²) in [6.07, 6.45) is 4.08. The first kappa shape index (κ1) is 14.1. The molecule has 1 aromatic carbocycles. The first-order chi connectivity index (χ1) is 10.6. The Kier molecular flexibility index (Phi) is 3.76. The molecular formula is C16H10N2O3S. The summed E-state index contributed by atoms with van der Waals surface area (Å²) in [5, 5.41) is 9.75. The monoisotopic (exact) mass is 310 g/mol. The highest BCUT2D eigenvalue weighted by Gasteiger charge is 2.07. The van der Waals surface area contributed by atoms with Gasteiger partial charge in [-0.1, -0.05) is 12.1 Å². The molecule has 5 nitrogen and oxygen atoms in total. The highest BCUT2D eigenvalue weighted by molar-refractivity contribution is 7.21. The van der Waals surface area contributed by atoms with E-state index in [-0.39, 0.29) is 5.56 Å². The molecule has 0 bridgehead atoms. The fourth-order valence-electron chi connectivity index (χ4n) is 1.96. The van der Waals surface area contributed by atoms with E-state index in [9.17, 15) is 9.59 Å². The number of nitrogens with zero attached hydrogens (tertiary/aromatic N) is 2. The minimum atomic E-state index is -1.02. The lowest BCUT2D eigenvalue weighted by molar-refractivity contribution is -0.131. The van der Waals surface area contributed by atoms with Crippen molar-refractivity contribution in [3.05, 3.63) is 64.6 Å². The van der Waals surface area contributed by atoms with Gasteiger partial charge in [-0.2, -0.15) is 4.98 Å². The summed E-state index contributed by atoms with van der Waals surface area (Å²) in [6.45, 7) is 0. The molecule has 0 amide bonds. The molecule has 0 aliphatic heterocycles. The Labute approximate surface area is 129 Å². The lowest BCUT2D eigenvalue weighted by Gasteiger charge is -2.02. The maximum absolute atomic E-state index is 12.0. The molecule has 0 aliphatic rings. The molecule has 1 N–H and O–H groups in total. The van der Waals surface area contributed by atoms with Gasteiger partial charge in [-0.25, -0.2) is 4.79 Å². The van der Waals surface area contributed by atoms with Crippen molar-refractivity contribution >= 4 is 33.5 Å². The third-order valence-corrected chi connectivity index (χ3v) is 4.02. The van der Waals surface area contributed by atoms with Crippen LogP contribution in [0.15, 0.2) is 53.5 Å². The highest BCUT2D eigenvalue weighted by atomic mass is 32.1. The van der Waals surface area contributed by atoms with Crippen LogP contribution in [0.5, 0.6) is 0 Å². The highest BCUT2D eigenvalue weighted by Crippen LogP contribution is 2.25. The van der Waals surface area contributed by atoms with Gasteiger partial charge in [0.2, 0.25) is 0 Å². The van der Waals surface area contributed by atoms with Crippen molar-refractivity contribution in [2.45, 2.75) is 0 Å². The number of hydrogen-bond acceptors (Lipinski definition) is 5. The lowest BCUT2D eigenvalue weighted by atomic mass is 10.2. The Balaban J connectivity index is 2.10. The van der Waals surface area contributed by atoms with Crippen molar-refractivity contribution in [3.8, 4) is 10.7 Å². The second-order valence-corrected chi connectivity index (χ2v) is 5.50. The smallest absolute Gasteiger partial charge is 0.328 e. The molecule has 3 rings (SSSR count). The predicted molar refractivity (Wildman–Crippen MR) is 85.8 cm³/mol. The molecule has 0 unspecified atom stereocenters. The van der Waals surface area contributed by atoms with E-state index < -0.39 is 5.97 Å². The summed E-state index contributed by atoms with van der Waals surface area (Å²) < 4.78 is 0.839. The average Bonchev–Trinajstić information content (AvgIpc) is 2.53. The first-order valence-corrected chi connectivity index (χ1v) is 7.22. The molecule has 0 spiro atoms. The minimum Gasteiger partial charge on any atom is -0.478 e. The summed E-state index contributed by atoms with van der Waals surface area (Å²) in [6, 6.07) is 10.7. The molecule has 108 valence electrons. The molecule has 22 heavy (non-hydrogen) atoms. The van der Waals surface area contributed by atoms with Crippen molar-refractivity contribution in [1.82, 2.24) is 9.97 Å². The molecule has 0 saturated carbocycles. The molecule has 0 atom stereocenters. The van der Waals surface area contributed by atoms with Gasteiger partial charge in [-0.15, -0.1) is 11.3 Å². The fraction of sp³-hybridized carbons (Fsp3) is 0. The predicted octanol–water partition coefficient (Wildman–Crippen LogP) is 2.82. The van der Waals surface area contributed by atoms with Gasteiger partial charge >= 0.3 is 5.97 Å². The van der Waals surface area contributed by atoms with Crippen molar-refractivity contribution in [1.29, 1.82) is 0 Å². The Morgan fingerprint density at radius 2 is 2.05 bits per heavy atom. The third kappa shape index (κ3) is 2.91. The van der Waals surface area contributed by atoms with E-state index in [1.165, 1.54) is 17.4 Å². The topological polar surface area (TPSA) is 80.2 Å². The maximum atomic E-state index is 12.0. The Morgan fingerprint density at radius 3 is 2.86 bits per heavy atom. The second kappa shape index (κ2) is 5.87. The molecule has 3 aromatic rings. The number of pyridine rings is 1. The largest absolute Gasteiger partial charge is 0.478 e. The van der Waals surface area contributed by atoms with Crippen LogP contribution in [0, 0.1) is 0 Å². The number of rotatable bonds is 3. The van der Waals surface area contributed by atoms with Crippen LogP contribution in [-0.2, 0) is 4.79 Å². The van der Waals surface area contributed by atoms with Gasteiger partial charge in [0.15, 0.2) is 0 Å². The van der Waals surface area contributed by atoms with Gasteiger partial charge in [-0.05, 0) is 35.9 Å². The molecular weight excluding hydrogens is 300 g/mol. The van der Waals surface area contributed by atoms with Gasteiger partial charge in [0.25, 0.3) is 5.56 Å². The zero-order valence-corrected chi connectivity index (χ0v) is 12.1. The number of aliphatic carboxylic acids is 1. The van der Waals surface area contributed by atoms with Crippen LogP contribution >= 0.6 is 11.3 Å². The fourth-order valence-corrected chi connectivity index (χ4v) is 2.92. The van der Waals surface area contributed by atoms with Gasteiger partial charge in [0, 0.05) is 17.0 Å². The van der Waals surface area contributed by atoms with Crippen LogP contribution < -0.4 is 5.56 Å². The molecule has 2 heterocycles. The number of carboxylic acid groups (broad SMARTS) is 1. The standard InChI is InChI=1S/C16H10N2O3S/c19-14(20)6-5-10-7-8-17-12(9-10)16-18-15(21)11-3-1-2-4-13(11)22-16/h1-9H,(H,19,20). The Bertz CT molecular complexity index is 947. The van der Waals surface area contributed by atoms with Gasteiger partial charge in [-0.3, -0.25) is 9.78 Å². The summed E-state index contributed by atoms with van der Waals surface area (Å²) in [7, 11) is 0. The molecule has 0 radical (unpaired) electrons. The minimum absolute atomic E-state index is 0.294. The van der Waals surface area contributed by atoms with Crippen LogP contribution in [0.4, 0.5) is 0 Å². The van der Waals surface area contributed by atoms with Crippen molar-refractivity contribution in [2.24, 2.45) is 0 Å². The van der Waals surface area contributed by atoms with Crippen LogP contribution in [0.25, 0.3) is 26.9 Å². The second-order valence-electron chi connectivity index (χ2n) is 4.47. The van der Waals surface area contributed by atoms with Crippen molar-refractivity contribution < 1.29 is 9.90 Å². The number of hydrogen-bond donors (Lipinski definition) is 1. The van der Waals surface area contributed by atoms with Crippen molar-refractivity contribution in [2.75, 3.05) is 0 Å². The lowest BCUT2D eigenvalue weighted by Crippen LogP contribution is -2.06. The third-order valence-electron chi connectivity index (χ3n) is 2.95.